The molecule has 0 radical (unpaired) electrons. The Morgan fingerprint density at radius 2 is 1.58 bits per heavy atom. The van der Waals surface area contributed by atoms with E-state index in [0.29, 0.717) is 86.4 Å². The van der Waals surface area contributed by atoms with E-state index in [0.717, 1.165) is 104 Å². The molecule has 3 aromatic carbocycles. The molecule has 4 aromatic rings. The average molecular weight is 1110 g/mol. The number of phenolic OH excluding ortho intramolecular Hbond substituents is 2. The van der Waals surface area contributed by atoms with E-state index in [1.807, 2.05) is 24.3 Å². The molecule has 2 heterocycles. The van der Waals surface area contributed by atoms with Crippen LogP contribution in [0.3, 0.4) is 0 Å². The topological polar surface area (TPSA) is 204 Å². The molecule has 6 aliphatic rings. The predicted molar refractivity (Wildman–Crippen MR) is 324 cm³/mol. The van der Waals surface area contributed by atoms with Crippen molar-refractivity contribution in [3.05, 3.63) is 131 Å². The van der Waals surface area contributed by atoms with Gasteiger partial charge in [-0.3, -0.25) is 4.79 Å². The lowest BCUT2D eigenvalue weighted by Crippen LogP contribution is -2.61. The number of aliphatic hydroxyl groups is 3. The van der Waals surface area contributed by atoms with E-state index in [1.165, 1.54) is 37.3 Å². The van der Waals surface area contributed by atoms with Crippen LogP contribution in [0.15, 0.2) is 108 Å². The number of fused-ring (bicyclic) bond motifs is 1. The van der Waals surface area contributed by atoms with Gasteiger partial charge in [-0.2, -0.15) is 0 Å². The second-order valence-electron chi connectivity index (χ2n) is 26.3. The quantitative estimate of drug-likeness (QED) is 0.0282. The molecule has 11 nitrogen and oxygen atoms in total. The van der Waals surface area contributed by atoms with Gasteiger partial charge in [0.1, 0.15) is 11.5 Å². The standard InChI is InChI=1S/C70H96N4O7/c1-4-5-8-15-44-24-27-49(63(76)36-44)18-13-14-19-50-28-29-54(62-41-56(48-16-9-6-10-17-48)67(74-62)58-39-53(75)40-64(77)57(58)35-45-22-25-47(26-23-45)43(2)3)60-38-51(34-46-32-33-72-65(71)37-46)59-31-30-55(68(78)66(50)69(79)80)61(70(59,60)81)42-73-52-20-11-7-12-21-52/h6,9-10,16-17,22-27,32,37,39-41,43-44,49-52,54-55,59-61,63,66,68,72-78,81H,4-5,7-8,11-15,18-21,28-31,33-36,38,42,71H2,1-3H3,(H,79,80). The van der Waals surface area contributed by atoms with Crippen LogP contribution < -0.4 is 16.4 Å². The van der Waals surface area contributed by atoms with Gasteiger partial charge in [0, 0.05) is 71.8 Å². The summed E-state index contributed by atoms with van der Waals surface area (Å²) < 4.78 is 0. The van der Waals surface area contributed by atoms with Crippen molar-refractivity contribution >= 4 is 5.97 Å². The van der Waals surface area contributed by atoms with E-state index in [2.05, 4.69) is 97.1 Å². The summed E-state index contributed by atoms with van der Waals surface area (Å²) in [7, 11) is 0. The first-order valence-corrected chi connectivity index (χ1v) is 31.7. The van der Waals surface area contributed by atoms with Gasteiger partial charge in [0.05, 0.1) is 35.2 Å². The van der Waals surface area contributed by atoms with Gasteiger partial charge in [-0.1, -0.05) is 145 Å². The monoisotopic (exact) mass is 1100 g/mol. The highest BCUT2D eigenvalue weighted by atomic mass is 16.4. The lowest BCUT2D eigenvalue weighted by molar-refractivity contribution is -0.178. The smallest absolute Gasteiger partial charge is 0.309 e. The molecule has 1 aromatic heterocycles. The highest BCUT2D eigenvalue weighted by molar-refractivity contribution is 5.85. The number of carboxylic acid groups (broad SMARTS) is 1. The summed E-state index contributed by atoms with van der Waals surface area (Å²) in [5.41, 5.74) is 13.6. The lowest BCUT2D eigenvalue weighted by atomic mass is 9.55. The molecule has 5 aliphatic carbocycles. The molecule has 13 unspecified atom stereocenters. The Bertz CT molecular complexity index is 2810. The van der Waals surface area contributed by atoms with Crippen LogP contribution in [0.25, 0.3) is 22.4 Å². The zero-order valence-corrected chi connectivity index (χ0v) is 48.8. The minimum Gasteiger partial charge on any atom is -0.508 e. The van der Waals surface area contributed by atoms with Crippen LogP contribution >= 0.6 is 0 Å². The van der Waals surface area contributed by atoms with E-state index in [9.17, 15) is 35.4 Å². The molecular weight excluding hydrogens is 1010 g/mol. The highest BCUT2D eigenvalue weighted by Crippen LogP contribution is 2.63. The Morgan fingerprint density at radius 3 is 2.31 bits per heavy atom. The number of aliphatic carboxylic acids is 1. The van der Waals surface area contributed by atoms with Gasteiger partial charge in [-0.15, -0.1) is 0 Å². The summed E-state index contributed by atoms with van der Waals surface area (Å²) in [5, 5.41) is 81.0. The highest BCUT2D eigenvalue weighted by Gasteiger charge is 2.65. The molecule has 4 saturated carbocycles. The normalized spacial score (nSPS) is 30.7. The van der Waals surface area contributed by atoms with Crippen LogP contribution in [-0.2, 0) is 11.2 Å². The third-order valence-electron chi connectivity index (χ3n) is 21.0. The molecule has 438 valence electrons. The van der Waals surface area contributed by atoms with Crippen LogP contribution in [0.4, 0.5) is 0 Å². The minimum atomic E-state index is -1.27. The molecule has 10 rings (SSSR count). The van der Waals surface area contributed by atoms with Crippen molar-refractivity contribution in [2.24, 2.45) is 59.0 Å². The van der Waals surface area contributed by atoms with Gasteiger partial charge in [0.2, 0.25) is 0 Å². The van der Waals surface area contributed by atoms with Gasteiger partial charge >= 0.3 is 5.97 Å². The Balaban J connectivity index is 1.07. The Morgan fingerprint density at radius 1 is 0.815 bits per heavy atom. The summed E-state index contributed by atoms with van der Waals surface area (Å²) in [6.45, 7) is 7.72. The molecule has 1 aliphatic heterocycles. The Labute approximate surface area is 483 Å². The maximum atomic E-state index is 14.6. The third-order valence-corrected chi connectivity index (χ3v) is 21.0. The number of nitrogens with two attached hydrogens (primary N) is 1. The summed E-state index contributed by atoms with van der Waals surface area (Å²) in [5.74, 6) is -2.24. The summed E-state index contributed by atoms with van der Waals surface area (Å²) >= 11 is 0. The first-order valence-electron chi connectivity index (χ1n) is 31.7. The number of unbranched alkanes of at least 4 members (excludes halogenated alkanes) is 3. The molecule has 11 heteroatoms. The van der Waals surface area contributed by atoms with E-state index in [4.69, 9.17) is 5.73 Å². The van der Waals surface area contributed by atoms with Gasteiger partial charge in [0.25, 0.3) is 0 Å². The fourth-order valence-electron chi connectivity index (χ4n) is 16.7. The second kappa shape index (κ2) is 26.5. The predicted octanol–water partition coefficient (Wildman–Crippen LogP) is 13.4. The van der Waals surface area contributed by atoms with Gasteiger partial charge in [-0.05, 0) is 159 Å². The van der Waals surface area contributed by atoms with Crippen LogP contribution in [-0.4, -0.2) is 78.5 Å². The number of allylic oxidation sites excluding steroid dienone is 3. The number of aliphatic hydroxyl groups excluding tert-OH is 2. The number of carbonyl (C=O) groups is 1. The van der Waals surface area contributed by atoms with E-state index in [1.54, 1.807) is 6.07 Å². The summed E-state index contributed by atoms with van der Waals surface area (Å²) in [6, 6.07) is 24.5. The molecule has 4 fully saturated rings. The number of hydrogen-bond acceptors (Lipinski definition) is 9. The number of aromatic hydroxyl groups is 2. The molecule has 81 heavy (non-hydrogen) atoms. The van der Waals surface area contributed by atoms with Crippen molar-refractivity contribution in [1.82, 2.24) is 15.6 Å². The van der Waals surface area contributed by atoms with Gasteiger partial charge in [0.15, 0.2) is 0 Å². The molecule has 0 amide bonds. The number of H-pyrrole nitrogens is 1. The minimum absolute atomic E-state index is 0.00719. The fraction of sp³-hybridized carbons (Fsp3) is 0.586. The van der Waals surface area contributed by atoms with Crippen LogP contribution in [0.2, 0.25) is 0 Å². The third kappa shape index (κ3) is 13.2. The molecule has 0 saturated heterocycles. The number of nitrogens with one attached hydrogen (secondary N) is 3. The number of rotatable bonds is 21. The summed E-state index contributed by atoms with van der Waals surface area (Å²) in [4.78, 5) is 18.1. The van der Waals surface area contributed by atoms with Crippen molar-refractivity contribution in [3.8, 4) is 33.9 Å². The van der Waals surface area contributed by atoms with Gasteiger partial charge in [-0.25, -0.2) is 0 Å². The number of phenols is 2. The average Bonchev–Trinajstić information content (AvgIpc) is 4.27. The maximum absolute atomic E-state index is 14.6. The van der Waals surface area contributed by atoms with Crippen molar-refractivity contribution < 1.29 is 35.4 Å². The van der Waals surface area contributed by atoms with Crippen molar-refractivity contribution in [3.63, 3.8) is 0 Å². The Hall–Kier alpha value is -5.33. The second-order valence-corrected chi connectivity index (χ2v) is 26.3. The van der Waals surface area contributed by atoms with E-state index >= 15 is 0 Å². The zero-order chi connectivity index (χ0) is 56.8. The molecule has 13 atom stereocenters. The maximum Gasteiger partial charge on any atom is 0.309 e. The number of carboxylic acids is 1. The van der Waals surface area contributed by atoms with Crippen molar-refractivity contribution in [2.75, 3.05) is 13.1 Å². The number of aromatic amines is 1. The molecule has 2 bridgehead atoms. The van der Waals surface area contributed by atoms with Crippen molar-refractivity contribution in [1.29, 1.82) is 0 Å². The van der Waals surface area contributed by atoms with Crippen molar-refractivity contribution in [2.45, 2.75) is 191 Å². The molecular formula is C70H96N4O7. The Kier molecular flexibility index (Phi) is 19.3. The first-order chi connectivity index (χ1) is 39.2. The van der Waals surface area contributed by atoms with Crippen LogP contribution in [0, 0.1) is 53.3 Å². The van der Waals surface area contributed by atoms with E-state index in [-0.39, 0.29) is 53.1 Å². The SMILES string of the molecule is CCCCCC1C=CC(CCCCC2CCC(c3cc(-c4ccccc4)c(-c4cc(O)cc(O)c4Cc4ccc(C(C)C)cc4)[nH]3)C3CC(CC4=CCNC(N)=C4)C4CCC(C(O)C2C(=O)O)C(CNC2CCCCC2)C43O)C(O)C1. The van der Waals surface area contributed by atoms with Crippen LogP contribution in [0.5, 0.6) is 11.5 Å². The number of aromatic nitrogens is 1. The van der Waals surface area contributed by atoms with Gasteiger partial charge < -0.3 is 52.0 Å². The fourth-order valence-corrected chi connectivity index (χ4v) is 16.7. The number of hydrogen-bond donors (Lipinski definition) is 10. The molecule has 11 N–H and O–H groups in total. The number of benzene rings is 3. The van der Waals surface area contributed by atoms with E-state index < -0.39 is 35.4 Å². The first kappa shape index (κ1) is 58.9. The number of dihydropyridines is 1. The lowest BCUT2D eigenvalue weighted by Gasteiger charge is -2.54. The zero-order valence-electron chi connectivity index (χ0n) is 48.8. The summed E-state index contributed by atoms with van der Waals surface area (Å²) in [6.07, 6.45) is 25.9. The molecule has 0 spiro atoms. The van der Waals surface area contributed by atoms with Crippen LogP contribution in [0.1, 0.15) is 183 Å². The largest absolute Gasteiger partial charge is 0.508 e.